The van der Waals surface area contributed by atoms with Crippen LogP contribution < -0.4 is 10.6 Å². The third-order valence-corrected chi connectivity index (χ3v) is 6.29. The Labute approximate surface area is 195 Å². The standard InChI is InChI=1S/C25H34N4O4/c1-24(2,3)29-21(26-22(30)32-16-17-8-6-5-7-9-17)15-20(28-29)18-10-11-19(14-18)33-23(31)27-25(4)12-13-25/h5-9,15,18-19H,10-14,16H2,1-4H3,(H,26,30)(H,27,31)/t18-,19?/m0/s1. The van der Waals surface area contributed by atoms with Gasteiger partial charge in [-0.15, -0.1) is 0 Å². The summed E-state index contributed by atoms with van der Waals surface area (Å²) in [4.78, 5) is 24.6. The van der Waals surface area contributed by atoms with Crippen LogP contribution in [0.5, 0.6) is 0 Å². The van der Waals surface area contributed by atoms with Crippen LogP contribution in [0.2, 0.25) is 0 Å². The van der Waals surface area contributed by atoms with Gasteiger partial charge in [-0.05, 0) is 65.4 Å². The zero-order valence-electron chi connectivity index (χ0n) is 19.9. The molecule has 2 atom stereocenters. The van der Waals surface area contributed by atoms with Gasteiger partial charge in [0.15, 0.2) is 0 Å². The Morgan fingerprint density at radius 2 is 1.88 bits per heavy atom. The molecule has 1 unspecified atom stereocenters. The van der Waals surface area contributed by atoms with E-state index in [1.807, 2.05) is 68.8 Å². The Morgan fingerprint density at radius 3 is 2.55 bits per heavy atom. The second-order valence-electron chi connectivity index (χ2n) is 10.4. The van der Waals surface area contributed by atoms with E-state index in [-0.39, 0.29) is 35.8 Å². The van der Waals surface area contributed by atoms with Gasteiger partial charge in [-0.25, -0.2) is 14.3 Å². The number of carbonyl (C=O) groups excluding carboxylic acids is 2. The molecule has 2 fully saturated rings. The maximum absolute atomic E-state index is 12.4. The first-order valence-corrected chi connectivity index (χ1v) is 11.7. The summed E-state index contributed by atoms with van der Waals surface area (Å²) < 4.78 is 12.9. The first-order valence-electron chi connectivity index (χ1n) is 11.7. The van der Waals surface area contributed by atoms with Crippen LogP contribution in [0.15, 0.2) is 36.4 Å². The molecule has 0 bridgehead atoms. The van der Waals surface area contributed by atoms with E-state index in [9.17, 15) is 9.59 Å². The summed E-state index contributed by atoms with van der Waals surface area (Å²) in [7, 11) is 0. The summed E-state index contributed by atoms with van der Waals surface area (Å²) in [5.74, 6) is 0.767. The smallest absolute Gasteiger partial charge is 0.413 e. The average molecular weight is 455 g/mol. The molecule has 1 aromatic carbocycles. The van der Waals surface area contributed by atoms with Crippen molar-refractivity contribution >= 4 is 18.0 Å². The summed E-state index contributed by atoms with van der Waals surface area (Å²) in [6.07, 6.45) is 3.45. The molecule has 2 aromatic rings. The van der Waals surface area contributed by atoms with Crippen LogP contribution in [-0.4, -0.2) is 33.6 Å². The van der Waals surface area contributed by atoms with Gasteiger partial charge in [0.2, 0.25) is 0 Å². The molecular formula is C25H34N4O4. The number of nitrogens with zero attached hydrogens (tertiary/aromatic N) is 2. The third-order valence-electron chi connectivity index (χ3n) is 6.29. The van der Waals surface area contributed by atoms with Gasteiger partial charge in [-0.1, -0.05) is 30.3 Å². The Hall–Kier alpha value is -3.03. The minimum Gasteiger partial charge on any atom is -0.446 e. The fourth-order valence-electron chi connectivity index (χ4n) is 4.12. The molecule has 0 aliphatic heterocycles. The number of aromatic nitrogens is 2. The Bertz CT molecular complexity index is 992. The molecule has 4 rings (SSSR count). The molecule has 2 N–H and O–H groups in total. The maximum atomic E-state index is 12.4. The zero-order chi connectivity index (χ0) is 23.6. The number of alkyl carbamates (subject to hydrolysis) is 1. The van der Waals surface area contributed by atoms with Gasteiger partial charge in [0.25, 0.3) is 0 Å². The van der Waals surface area contributed by atoms with Crippen LogP contribution >= 0.6 is 0 Å². The van der Waals surface area contributed by atoms with Crippen molar-refractivity contribution in [2.24, 2.45) is 0 Å². The molecule has 0 spiro atoms. The highest BCUT2D eigenvalue weighted by molar-refractivity contribution is 5.83. The summed E-state index contributed by atoms with van der Waals surface area (Å²) in [5, 5.41) is 10.6. The molecule has 8 nitrogen and oxygen atoms in total. The van der Waals surface area contributed by atoms with Crippen molar-refractivity contribution < 1.29 is 19.1 Å². The van der Waals surface area contributed by atoms with Crippen molar-refractivity contribution in [1.29, 1.82) is 0 Å². The van der Waals surface area contributed by atoms with Gasteiger partial charge >= 0.3 is 12.2 Å². The molecule has 2 amide bonds. The van der Waals surface area contributed by atoms with Gasteiger partial charge < -0.3 is 14.8 Å². The summed E-state index contributed by atoms with van der Waals surface area (Å²) >= 11 is 0. The predicted molar refractivity (Wildman–Crippen MR) is 125 cm³/mol. The molecule has 2 aliphatic carbocycles. The molecule has 0 saturated heterocycles. The van der Waals surface area contributed by atoms with Crippen LogP contribution in [0.3, 0.4) is 0 Å². The van der Waals surface area contributed by atoms with E-state index >= 15 is 0 Å². The van der Waals surface area contributed by atoms with E-state index in [1.165, 1.54) is 0 Å². The molecule has 2 saturated carbocycles. The van der Waals surface area contributed by atoms with Crippen LogP contribution in [0, 0.1) is 0 Å². The second-order valence-corrected chi connectivity index (χ2v) is 10.4. The normalized spacial score (nSPS) is 21.3. The minimum atomic E-state index is -0.520. The number of rotatable bonds is 6. The molecule has 8 heteroatoms. The Balaban J connectivity index is 1.37. The highest BCUT2D eigenvalue weighted by atomic mass is 16.6. The Kier molecular flexibility index (Phi) is 6.36. The average Bonchev–Trinajstić information content (AvgIpc) is 3.14. The maximum Gasteiger partial charge on any atom is 0.413 e. The number of anilines is 1. The van der Waals surface area contributed by atoms with Crippen LogP contribution in [-0.2, 0) is 21.6 Å². The lowest BCUT2D eigenvalue weighted by Gasteiger charge is -2.22. The lowest BCUT2D eigenvalue weighted by Crippen LogP contribution is -2.36. The van der Waals surface area contributed by atoms with Crippen molar-refractivity contribution in [3.05, 3.63) is 47.7 Å². The quantitative estimate of drug-likeness (QED) is 0.617. The highest BCUT2D eigenvalue weighted by Gasteiger charge is 2.40. The molecule has 1 aromatic heterocycles. The second kappa shape index (κ2) is 9.08. The number of hydrogen-bond donors (Lipinski definition) is 2. The number of amides is 2. The number of carbonyl (C=O) groups is 2. The number of benzene rings is 1. The molecule has 2 aliphatic rings. The number of ether oxygens (including phenoxy) is 2. The summed E-state index contributed by atoms with van der Waals surface area (Å²) in [6, 6.07) is 11.5. The largest absolute Gasteiger partial charge is 0.446 e. The van der Waals surface area contributed by atoms with Crippen molar-refractivity contribution in [2.45, 2.75) is 89.5 Å². The van der Waals surface area contributed by atoms with Gasteiger partial charge in [0.1, 0.15) is 18.5 Å². The van der Waals surface area contributed by atoms with E-state index in [4.69, 9.17) is 14.6 Å². The lowest BCUT2D eigenvalue weighted by molar-refractivity contribution is 0.0966. The van der Waals surface area contributed by atoms with E-state index in [0.717, 1.165) is 43.4 Å². The first kappa shape index (κ1) is 23.1. The predicted octanol–water partition coefficient (Wildman–Crippen LogP) is 5.30. The van der Waals surface area contributed by atoms with E-state index < -0.39 is 6.09 Å². The Morgan fingerprint density at radius 1 is 1.15 bits per heavy atom. The van der Waals surface area contributed by atoms with Crippen LogP contribution in [0.25, 0.3) is 0 Å². The van der Waals surface area contributed by atoms with Crippen molar-refractivity contribution in [3.63, 3.8) is 0 Å². The molecular weight excluding hydrogens is 420 g/mol. The van der Waals surface area contributed by atoms with E-state index in [1.54, 1.807) is 0 Å². The van der Waals surface area contributed by atoms with E-state index in [2.05, 4.69) is 10.6 Å². The van der Waals surface area contributed by atoms with Crippen LogP contribution in [0.1, 0.15) is 77.0 Å². The molecule has 33 heavy (non-hydrogen) atoms. The minimum absolute atomic E-state index is 0.0870. The fraction of sp³-hybridized carbons (Fsp3) is 0.560. The topological polar surface area (TPSA) is 94.5 Å². The fourth-order valence-corrected chi connectivity index (χ4v) is 4.12. The third kappa shape index (κ3) is 6.06. The zero-order valence-corrected chi connectivity index (χ0v) is 19.9. The van der Waals surface area contributed by atoms with Gasteiger partial charge in [0, 0.05) is 17.5 Å². The van der Waals surface area contributed by atoms with Crippen molar-refractivity contribution in [2.75, 3.05) is 5.32 Å². The molecule has 1 heterocycles. The van der Waals surface area contributed by atoms with Crippen molar-refractivity contribution in [1.82, 2.24) is 15.1 Å². The first-order chi connectivity index (χ1) is 15.6. The lowest BCUT2D eigenvalue weighted by atomic mass is 10.0. The SMILES string of the molecule is CC1(NC(=O)OC2CC[C@H](c3cc(NC(=O)OCc4ccccc4)n(C(C)(C)C)n3)C2)CC1. The van der Waals surface area contributed by atoms with Crippen molar-refractivity contribution in [3.8, 4) is 0 Å². The highest BCUT2D eigenvalue weighted by Crippen LogP contribution is 2.38. The van der Waals surface area contributed by atoms with Gasteiger partial charge in [-0.2, -0.15) is 5.10 Å². The van der Waals surface area contributed by atoms with Crippen LogP contribution in [0.4, 0.5) is 15.4 Å². The number of nitrogens with one attached hydrogen (secondary N) is 2. The monoisotopic (exact) mass is 454 g/mol. The van der Waals surface area contributed by atoms with Gasteiger partial charge in [0.05, 0.1) is 11.2 Å². The molecule has 178 valence electrons. The van der Waals surface area contributed by atoms with E-state index in [0.29, 0.717) is 5.82 Å². The summed E-state index contributed by atoms with van der Waals surface area (Å²) in [5.41, 5.74) is 1.41. The number of hydrogen-bond acceptors (Lipinski definition) is 5. The summed E-state index contributed by atoms with van der Waals surface area (Å²) in [6.45, 7) is 8.34. The van der Waals surface area contributed by atoms with Gasteiger partial charge in [-0.3, -0.25) is 5.32 Å². The molecule has 0 radical (unpaired) electrons.